The number of benzene rings is 3. The van der Waals surface area contributed by atoms with E-state index >= 15 is 0 Å². The third-order valence-electron chi connectivity index (χ3n) is 4.79. The minimum Gasteiger partial charge on any atom is -0.276 e. The van der Waals surface area contributed by atoms with Crippen LogP contribution >= 0.6 is 23.2 Å². The van der Waals surface area contributed by atoms with Gasteiger partial charge in [-0.2, -0.15) is 5.10 Å². The molecule has 3 N–H and O–H groups in total. The van der Waals surface area contributed by atoms with Gasteiger partial charge in [-0.1, -0.05) is 64.7 Å². The highest BCUT2D eigenvalue weighted by molar-refractivity contribution is 7.90. The molecule has 3 aromatic carbocycles. The molecule has 0 unspecified atom stereocenters. The molecule has 194 valence electrons. The number of nitrogens with one attached hydrogen (secondary N) is 3. The molecule has 3 aromatic rings. The topological polar surface area (TPSA) is 151 Å². The lowest BCUT2D eigenvalue weighted by Crippen LogP contribution is -2.46. The average Bonchev–Trinajstić information content (AvgIpc) is 2.81. The van der Waals surface area contributed by atoms with Crippen molar-refractivity contribution in [2.24, 2.45) is 5.10 Å². The van der Waals surface area contributed by atoms with Gasteiger partial charge in [-0.15, -0.1) is 0 Å². The molecule has 0 aliphatic rings. The highest BCUT2D eigenvalue weighted by Crippen LogP contribution is 2.29. The zero-order valence-electron chi connectivity index (χ0n) is 19.3. The summed E-state index contributed by atoms with van der Waals surface area (Å²) in [7, 11) is -8.88. The van der Waals surface area contributed by atoms with Crippen molar-refractivity contribution in [2.45, 2.75) is 23.6 Å². The van der Waals surface area contributed by atoms with E-state index in [0.717, 1.165) is 11.1 Å². The summed E-state index contributed by atoms with van der Waals surface area (Å²) in [5, 5.41) is 3.77. The van der Waals surface area contributed by atoms with E-state index in [1.165, 1.54) is 66.7 Å². The van der Waals surface area contributed by atoms with Crippen LogP contribution in [0.25, 0.3) is 0 Å². The van der Waals surface area contributed by atoms with Crippen molar-refractivity contribution in [3.8, 4) is 0 Å². The molecule has 0 aliphatic carbocycles. The smallest absolute Gasteiger partial charge is 0.276 e. The molecular formula is C23H20Cl2N4O6S2. The van der Waals surface area contributed by atoms with Crippen LogP contribution in [0.1, 0.15) is 11.1 Å². The molecule has 0 spiro atoms. The first-order chi connectivity index (χ1) is 17.3. The van der Waals surface area contributed by atoms with Gasteiger partial charge in [0, 0.05) is 0 Å². The quantitative estimate of drug-likeness (QED) is 0.209. The normalized spacial score (nSPS) is 11.4. The lowest BCUT2D eigenvalue weighted by atomic mass is 10.2. The van der Waals surface area contributed by atoms with Gasteiger partial charge in [0.2, 0.25) is 5.71 Å². The number of rotatable bonds is 8. The number of hydrogen-bond acceptors (Lipinski definition) is 8. The van der Waals surface area contributed by atoms with Gasteiger partial charge in [-0.05, 0) is 50.2 Å². The maximum absolute atomic E-state index is 12.9. The molecule has 14 heteroatoms. The summed E-state index contributed by atoms with van der Waals surface area (Å²) in [6, 6.07) is 15.5. The SMILES string of the molecule is Cc1ccc(S(=O)(=O)NC(=O)C(=NNc2cccc(Cl)c2Cl)C(=O)NS(=O)(=O)c2ccc(C)cc2)cc1. The number of halogens is 2. The van der Waals surface area contributed by atoms with Crippen molar-refractivity contribution in [1.29, 1.82) is 0 Å². The van der Waals surface area contributed by atoms with Crippen LogP contribution in [0.15, 0.2) is 81.6 Å². The first kappa shape index (κ1) is 28.1. The maximum atomic E-state index is 12.9. The van der Waals surface area contributed by atoms with Crippen molar-refractivity contribution in [2.75, 3.05) is 5.43 Å². The van der Waals surface area contributed by atoms with Crippen molar-refractivity contribution in [3.05, 3.63) is 87.9 Å². The Bertz CT molecular complexity index is 1500. The number of aryl methyl sites for hydroxylation is 2. The number of nitrogens with zero attached hydrogens (tertiary/aromatic N) is 1. The van der Waals surface area contributed by atoms with Gasteiger partial charge in [-0.3, -0.25) is 15.0 Å². The molecule has 0 saturated heterocycles. The predicted molar refractivity (Wildman–Crippen MR) is 141 cm³/mol. The van der Waals surface area contributed by atoms with Crippen LogP contribution < -0.4 is 14.9 Å². The molecule has 0 bridgehead atoms. The van der Waals surface area contributed by atoms with Crippen LogP contribution in [-0.4, -0.2) is 34.4 Å². The van der Waals surface area contributed by atoms with Crippen molar-refractivity contribution < 1.29 is 26.4 Å². The first-order valence-electron chi connectivity index (χ1n) is 10.4. The van der Waals surface area contributed by atoms with Crippen LogP contribution in [0.5, 0.6) is 0 Å². The molecule has 0 radical (unpaired) electrons. The number of anilines is 1. The third kappa shape index (κ3) is 7.07. The van der Waals surface area contributed by atoms with Crippen LogP contribution in [0.4, 0.5) is 5.69 Å². The van der Waals surface area contributed by atoms with Gasteiger partial charge >= 0.3 is 0 Å². The van der Waals surface area contributed by atoms with Gasteiger partial charge in [0.05, 0.1) is 25.5 Å². The summed E-state index contributed by atoms with van der Waals surface area (Å²) < 4.78 is 54.2. The Hall–Kier alpha value is -3.45. The molecule has 0 heterocycles. The van der Waals surface area contributed by atoms with Gasteiger partial charge in [0.25, 0.3) is 31.9 Å². The summed E-state index contributed by atoms with van der Waals surface area (Å²) in [4.78, 5) is 25.3. The fourth-order valence-corrected chi connectivity index (χ4v) is 5.05. The lowest BCUT2D eigenvalue weighted by molar-refractivity contribution is -0.117. The van der Waals surface area contributed by atoms with Crippen LogP contribution in [0, 0.1) is 13.8 Å². The summed E-state index contributed by atoms with van der Waals surface area (Å²) in [5.74, 6) is -2.99. The minimum atomic E-state index is -4.44. The van der Waals surface area contributed by atoms with Gasteiger partial charge in [-0.25, -0.2) is 26.3 Å². The number of amides is 2. The predicted octanol–water partition coefficient (Wildman–Crippen LogP) is 3.39. The molecule has 0 atom stereocenters. The highest BCUT2D eigenvalue weighted by atomic mass is 35.5. The minimum absolute atomic E-state index is 0.00682. The van der Waals surface area contributed by atoms with E-state index in [0.29, 0.717) is 0 Å². The number of hydrogen-bond donors (Lipinski definition) is 3. The Morgan fingerprint density at radius 2 is 1.14 bits per heavy atom. The number of hydrazone groups is 1. The number of carbonyl (C=O) groups excluding carboxylic acids is 2. The van der Waals surface area contributed by atoms with Crippen molar-refractivity contribution >= 4 is 66.5 Å². The zero-order chi connectivity index (χ0) is 27.4. The van der Waals surface area contributed by atoms with E-state index in [-0.39, 0.29) is 25.5 Å². The van der Waals surface area contributed by atoms with Gasteiger partial charge in [0.15, 0.2) is 0 Å². The van der Waals surface area contributed by atoms with E-state index in [4.69, 9.17) is 23.2 Å². The number of carbonyl (C=O) groups is 2. The summed E-state index contributed by atoms with van der Waals surface area (Å²) in [6.45, 7) is 3.48. The van der Waals surface area contributed by atoms with E-state index in [9.17, 15) is 26.4 Å². The molecule has 37 heavy (non-hydrogen) atoms. The Morgan fingerprint density at radius 1 is 0.703 bits per heavy atom. The maximum Gasteiger partial charge on any atom is 0.291 e. The second-order valence-electron chi connectivity index (χ2n) is 7.67. The largest absolute Gasteiger partial charge is 0.291 e. The fraction of sp³-hybridized carbons (Fsp3) is 0.0870. The molecule has 3 rings (SSSR count). The Labute approximate surface area is 223 Å². The first-order valence-corrected chi connectivity index (χ1v) is 14.1. The van der Waals surface area contributed by atoms with Crippen LogP contribution in [0.3, 0.4) is 0 Å². The second kappa shape index (κ2) is 11.3. The lowest BCUT2D eigenvalue weighted by Gasteiger charge is -2.12. The van der Waals surface area contributed by atoms with E-state index in [1.807, 2.05) is 0 Å². The van der Waals surface area contributed by atoms with Gasteiger partial charge < -0.3 is 0 Å². The summed E-state index contributed by atoms with van der Waals surface area (Å²) >= 11 is 12.0. The highest BCUT2D eigenvalue weighted by Gasteiger charge is 2.30. The monoisotopic (exact) mass is 582 g/mol. The molecular weight excluding hydrogens is 563 g/mol. The molecule has 0 saturated carbocycles. The zero-order valence-corrected chi connectivity index (χ0v) is 22.5. The van der Waals surface area contributed by atoms with E-state index in [2.05, 4.69) is 10.5 Å². The fourth-order valence-electron chi connectivity index (χ4n) is 2.80. The standard InChI is InChI=1S/C23H20Cl2N4O6S2/c1-14-6-10-16(11-7-14)36(32,33)28-22(30)21(27-26-19-5-3-4-18(24)20(19)25)23(31)29-37(34,35)17-12-8-15(2)9-13-17/h3-13,26H,1-2H3,(H,28,30)(H,29,31). The summed E-state index contributed by atoms with van der Waals surface area (Å²) in [5.41, 5.74) is 2.85. The van der Waals surface area contributed by atoms with Crippen molar-refractivity contribution in [1.82, 2.24) is 9.44 Å². The molecule has 0 aromatic heterocycles. The molecule has 10 nitrogen and oxygen atoms in total. The summed E-state index contributed by atoms with van der Waals surface area (Å²) in [6.07, 6.45) is 0. The number of sulfonamides is 2. The molecule has 0 aliphatic heterocycles. The van der Waals surface area contributed by atoms with Crippen LogP contribution in [0.2, 0.25) is 10.0 Å². The van der Waals surface area contributed by atoms with Crippen molar-refractivity contribution in [3.63, 3.8) is 0 Å². The molecule has 2 amide bonds. The Morgan fingerprint density at radius 3 is 1.57 bits per heavy atom. The van der Waals surface area contributed by atoms with Crippen LogP contribution in [-0.2, 0) is 29.6 Å². The van der Waals surface area contributed by atoms with Gasteiger partial charge in [0.1, 0.15) is 0 Å². The second-order valence-corrected chi connectivity index (χ2v) is 11.8. The Balaban J connectivity index is 1.96. The average molecular weight is 583 g/mol. The third-order valence-corrected chi connectivity index (χ3v) is 8.30. The van der Waals surface area contributed by atoms with E-state index in [1.54, 1.807) is 23.3 Å². The Kier molecular flexibility index (Phi) is 8.59. The van der Waals surface area contributed by atoms with E-state index < -0.39 is 37.6 Å². The molecule has 0 fully saturated rings.